The molecule has 1 fully saturated rings. The van der Waals surface area contributed by atoms with Crippen molar-refractivity contribution < 1.29 is 4.79 Å². The summed E-state index contributed by atoms with van der Waals surface area (Å²) in [5, 5.41) is 9.84. The monoisotopic (exact) mass is 395 g/mol. The minimum atomic E-state index is -0.191. The van der Waals surface area contributed by atoms with Crippen molar-refractivity contribution in [3.05, 3.63) is 59.4 Å². The third kappa shape index (κ3) is 4.48. The average molecular weight is 396 g/mol. The van der Waals surface area contributed by atoms with E-state index in [1.54, 1.807) is 17.1 Å². The third-order valence-electron chi connectivity index (χ3n) is 4.97. The molecule has 1 aliphatic heterocycles. The van der Waals surface area contributed by atoms with Crippen molar-refractivity contribution in [1.82, 2.24) is 19.7 Å². The van der Waals surface area contributed by atoms with E-state index >= 15 is 0 Å². The van der Waals surface area contributed by atoms with Crippen molar-refractivity contribution in [2.24, 2.45) is 11.8 Å². The highest BCUT2D eigenvalue weighted by Crippen LogP contribution is 2.24. The molecule has 3 heterocycles. The summed E-state index contributed by atoms with van der Waals surface area (Å²) in [4.78, 5) is 19.6. The lowest BCUT2D eigenvalue weighted by Crippen LogP contribution is -2.38. The number of para-hydroxylation sites is 1. The highest BCUT2D eigenvalue weighted by Gasteiger charge is 2.22. The molecular formula is C21H25N5OS. The molecule has 7 heteroatoms. The Morgan fingerprint density at radius 1 is 1.21 bits per heavy atom. The van der Waals surface area contributed by atoms with Gasteiger partial charge in [-0.3, -0.25) is 15.0 Å². The van der Waals surface area contributed by atoms with Crippen molar-refractivity contribution >= 4 is 22.4 Å². The van der Waals surface area contributed by atoms with Crippen molar-refractivity contribution in [2.75, 3.05) is 18.4 Å². The first kappa shape index (κ1) is 18.8. The summed E-state index contributed by atoms with van der Waals surface area (Å²) in [5.41, 5.74) is 2.45. The van der Waals surface area contributed by atoms with Crippen molar-refractivity contribution in [3.8, 4) is 5.69 Å². The second-order valence-corrected chi connectivity index (χ2v) is 8.61. The lowest BCUT2D eigenvalue weighted by atomic mass is 9.92. The summed E-state index contributed by atoms with van der Waals surface area (Å²) >= 11 is 1.47. The summed E-state index contributed by atoms with van der Waals surface area (Å²) in [6, 6.07) is 9.73. The molecule has 6 nitrogen and oxygen atoms in total. The van der Waals surface area contributed by atoms with Crippen molar-refractivity contribution in [2.45, 2.75) is 26.8 Å². The van der Waals surface area contributed by atoms with Crippen molar-refractivity contribution in [3.63, 3.8) is 0 Å². The van der Waals surface area contributed by atoms with E-state index in [4.69, 9.17) is 0 Å². The maximum absolute atomic E-state index is 12.5. The first-order chi connectivity index (χ1) is 13.6. The number of aromatic nitrogens is 3. The molecule has 2 atom stereocenters. The maximum atomic E-state index is 12.5. The first-order valence-electron chi connectivity index (χ1n) is 9.65. The van der Waals surface area contributed by atoms with Gasteiger partial charge < -0.3 is 0 Å². The number of rotatable bonds is 5. The molecule has 1 aliphatic rings. The Hall–Kier alpha value is -2.51. The largest absolute Gasteiger partial charge is 0.298 e. The van der Waals surface area contributed by atoms with E-state index in [2.05, 4.69) is 34.1 Å². The Balaban J connectivity index is 1.37. The number of nitrogens with zero attached hydrogens (tertiary/aromatic N) is 4. The van der Waals surface area contributed by atoms with Crippen LogP contribution in [-0.4, -0.2) is 38.7 Å². The molecule has 0 unspecified atom stereocenters. The topological polar surface area (TPSA) is 63.1 Å². The van der Waals surface area contributed by atoms with Gasteiger partial charge in [-0.15, -0.1) is 11.3 Å². The predicted octanol–water partition coefficient (Wildman–Crippen LogP) is 4.06. The van der Waals surface area contributed by atoms with Crippen LogP contribution >= 0.6 is 11.3 Å². The lowest BCUT2D eigenvalue weighted by molar-refractivity contribution is 0.102. The van der Waals surface area contributed by atoms with E-state index < -0.39 is 0 Å². The SMILES string of the molecule is C[C@@H]1C[C@H](C)CN(Cc2csc(NC(=O)c3cnn(-c4ccccc4)c3)n2)C1. The number of anilines is 1. The minimum Gasteiger partial charge on any atom is -0.298 e. The molecule has 0 spiro atoms. The molecule has 2 aromatic heterocycles. The molecule has 0 bridgehead atoms. The number of amides is 1. The van der Waals surface area contributed by atoms with E-state index in [0.717, 1.165) is 42.9 Å². The van der Waals surface area contributed by atoms with Gasteiger partial charge >= 0.3 is 0 Å². The number of carbonyl (C=O) groups is 1. The van der Waals surface area contributed by atoms with Gasteiger partial charge in [0.05, 0.1) is 23.1 Å². The summed E-state index contributed by atoms with van der Waals surface area (Å²) in [5.74, 6) is 1.26. The predicted molar refractivity (Wildman–Crippen MR) is 112 cm³/mol. The molecule has 146 valence electrons. The Morgan fingerprint density at radius 2 is 1.96 bits per heavy atom. The van der Waals surface area contributed by atoms with E-state index in [1.165, 1.54) is 17.8 Å². The number of thiazole rings is 1. The molecule has 4 rings (SSSR count). The Kier molecular flexibility index (Phi) is 5.54. The normalized spacial score (nSPS) is 20.2. The van der Waals surface area contributed by atoms with Gasteiger partial charge in [-0.05, 0) is 30.4 Å². The van der Waals surface area contributed by atoms with Gasteiger partial charge in [0.2, 0.25) is 0 Å². The molecular weight excluding hydrogens is 370 g/mol. The van der Waals surface area contributed by atoms with Gasteiger partial charge in [0, 0.05) is 31.2 Å². The fraction of sp³-hybridized carbons (Fsp3) is 0.381. The lowest BCUT2D eigenvalue weighted by Gasteiger charge is -2.34. The van der Waals surface area contributed by atoms with Crippen LogP contribution in [0.5, 0.6) is 0 Å². The van der Waals surface area contributed by atoms with Crippen LogP contribution < -0.4 is 5.32 Å². The van der Waals surface area contributed by atoms with E-state index in [1.807, 2.05) is 35.7 Å². The summed E-state index contributed by atoms with van der Waals surface area (Å²) in [7, 11) is 0. The van der Waals surface area contributed by atoms with E-state index in [0.29, 0.717) is 10.7 Å². The van der Waals surface area contributed by atoms with E-state index in [-0.39, 0.29) is 5.91 Å². The molecule has 1 aromatic carbocycles. The number of piperidine rings is 1. The van der Waals surface area contributed by atoms with Gasteiger partial charge in [0.25, 0.3) is 5.91 Å². The van der Waals surface area contributed by atoms with Crippen LogP contribution in [0.4, 0.5) is 5.13 Å². The van der Waals surface area contributed by atoms with Gasteiger partial charge in [0.1, 0.15) is 0 Å². The van der Waals surface area contributed by atoms with Crippen LogP contribution in [-0.2, 0) is 6.54 Å². The zero-order chi connectivity index (χ0) is 19.5. The fourth-order valence-electron chi connectivity index (χ4n) is 3.92. The Morgan fingerprint density at radius 3 is 2.71 bits per heavy atom. The van der Waals surface area contributed by atoms with Crippen LogP contribution in [0.1, 0.15) is 36.3 Å². The zero-order valence-electron chi connectivity index (χ0n) is 16.2. The van der Waals surface area contributed by atoms with Crippen LogP contribution in [0.15, 0.2) is 48.1 Å². The molecule has 0 radical (unpaired) electrons. The summed E-state index contributed by atoms with van der Waals surface area (Å²) in [6.45, 7) is 7.69. The van der Waals surface area contributed by atoms with Crippen LogP contribution in [0.3, 0.4) is 0 Å². The number of hydrogen-bond acceptors (Lipinski definition) is 5. The molecule has 0 aliphatic carbocycles. The Bertz CT molecular complexity index is 925. The standard InChI is InChI=1S/C21H25N5OS/c1-15-8-16(2)11-25(10-15)13-18-14-28-21(23-18)24-20(27)17-9-22-26(12-17)19-6-4-3-5-7-19/h3-7,9,12,14-16H,8,10-11,13H2,1-2H3,(H,23,24,27)/t15-,16+. The molecule has 28 heavy (non-hydrogen) atoms. The minimum absolute atomic E-state index is 0.191. The molecule has 0 saturated carbocycles. The highest BCUT2D eigenvalue weighted by molar-refractivity contribution is 7.13. The summed E-state index contributed by atoms with van der Waals surface area (Å²) in [6.07, 6.45) is 4.61. The molecule has 1 amide bonds. The number of likely N-dealkylation sites (tertiary alicyclic amines) is 1. The van der Waals surface area contributed by atoms with E-state index in [9.17, 15) is 4.79 Å². The average Bonchev–Trinajstić information content (AvgIpc) is 3.31. The molecule has 3 aromatic rings. The highest BCUT2D eigenvalue weighted by atomic mass is 32.1. The second-order valence-electron chi connectivity index (χ2n) is 7.75. The smallest absolute Gasteiger partial charge is 0.260 e. The maximum Gasteiger partial charge on any atom is 0.260 e. The summed E-state index contributed by atoms with van der Waals surface area (Å²) < 4.78 is 1.70. The van der Waals surface area contributed by atoms with Gasteiger partial charge in [-0.25, -0.2) is 9.67 Å². The van der Waals surface area contributed by atoms with Crippen molar-refractivity contribution in [1.29, 1.82) is 0 Å². The molecule has 1 saturated heterocycles. The van der Waals surface area contributed by atoms with Gasteiger partial charge in [0.15, 0.2) is 5.13 Å². The number of benzene rings is 1. The fourth-order valence-corrected chi connectivity index (χ4v) is 4.62. The quantitative estimate of drug-likeness (QED) is 0.708. The van der Waals surface area contributed by atoms with Crippen LogP contribution in [0.2, 0.25) is 0 Å². The van der Waals surface area contributed by atoms with Gasteiger partial charge in [-0.1, -0.05) is 32.0 Å². The Labute approximate surface area is 169 Å². The van der Waals surface area contributed by atoms with Gasteiger partial charge in [-0.2, -0.15) is 5.10 Å². The number of nitrogens with one attached hydrogen (secondary N) is 1. The van der Waals surface area contributed by atoms with Crippen LogP contribution in [0.25, 0.3) is 5.69 Å². The third-order valence-corrected chi connectivity index (χ3v) is 5.77. The molecule has 1 N–H and O–H groups in total. The second kappa shape index (κ2) is 8.24. The first-order valence-corrected chi connectivity index (χ1v) is 10.5. The number of hydrogen-bond donors (Lipinski definition) is 1. The number of carbonyl (C=O) groups excluding carboxylic acids is 1. The zero-order valence-corrected chi connectivity index (χ0v) is 17.0. The van der Waals surface area contributed by atoms with Crippen LogP contribution in [0, 0.1) is 11.8 Å².